The predicted molar refractivity (Wildman–Crippen MR) is 74.0 cm³/mol. The molecule has 1 heterocycles. The number of thioether (sulfide) groups is 1. The van der Waals surface area contributed by atoms with Gasteiger partial charge in [-0.1, -0.05) is 43.8 Å². The Hall–Kier alpha value is -1.73. The third-order valence-corrected chi connectivity index (χ3v) is 3.52. The van der Waals surface area contributed by atoms with Gasteiger partial charge in [0, 0.05) is 12.4 Å². The summed E-state index contributed by atoms with van der Waals surface area (Å²) in [6.45, 7) is 4.36. The van der Waals surface area contributed by atoms with E-state index in [0.29, 0.717) is 11.7 Å². The normalized spacial score (nSPS) is 10.6. The maximum absolute atomic E-state index is 8.66. The van der Waals surface area contributed by atoms with Crippen molar-refractivity contribution in [2.24, 2.45) is 0 Å². The van der Waals surface area contributed by atoms with Gasteiger partial charge in [0.25, 0.3) is 0 Å². The number of benzene rings is 1. The van der Waals surface area contributed by atoms with Gasteiger partial charge in [0.05, 0.1) is 17.5 Å². The van der Waals surface area contributed by atoms with E-state index in [1.165, 1.54) is 17.3 Å². The molecule has 0 amide bonds. The van der Waals surface area contributed by atoms with Gasteiger partial charge >= 0.3 is 0 Å². The molecule has 2 aromatic rings. The number of para-hydroxylation sites is 1. The molecule has 0 saturated carbocycles. The first-order valence-electron chi connectivity index (χ1n) is 5.86. The minimum atomic E-state index is 0.418. The number of hydrogen-bond acceptors (Lipinski definition) is 3. The zero-order valence-electron chi connectivity index (χ0n) is 10.5. The van der Waals surface area contributed by atoms with E-state index in [1.54, 1.807) is 6.20 Å². The topological polar surface area (TPSA) is 41.6 Å². The maximum atomic E-state index is 8.66. The van der Waals surface area contributed by atoms with E-state index in [-0.39, 0.29) is 0 Å². The summed E-state index contributed by atoms with van der Waals surface area (Å²) in [4.78, 5) is 4.31. The molecule has 0 aliphatic carbocycles. The molecule has 1 aromatic heterocycles. The summed E-state index contributed by atoms with van der Waals surface area (Å²) in [5.41, 5.74) is 2.43. The van der Waals surface area contributed by atoms with Crippen LogP contribution >= 0.6 is 11.8 Å². The number of nitriles is 1. The molecule has 0 unspecified atom stereocenters. The molecule has 0 spiro atoms. The summed E-state index contributed by atoms with van der Waals surface area (Å²) in [6.07, 6.45) is 3.72. The van der Waals surface area contributed by atoms with Crippen molar-refractivity contribution in [3.05, 3.63) is 42.2 Å². The maximum Gasteiger partial charge on any atom is 0.173 e. The Morgan fingerprint density at radius 2 is 2.17 bits per heavy atom. The van der Waals surface area contributed by atoms with Crippen LogP contribution in [0.3, 0.4) is 0 Å². The SMILES string of the molecule is CC(C)c1ccccc1-n1ccnc1SCC#N. The van der Waals surface area contributed by atoms with E-state index in [9.17, 15) is 0 Å². The summed E-state index contributed by atoms with van der Waals surface area (Å²) >= 11 is 1.46. The number of hydrogen-bond donors (Lipinski definition) is 0. The summed E-state index contributed by atoms with van der Waals surface area (Å²) in [6, 6.07) is 10.4. The predicted octanol–water partition coefficient (Wildman–Crippen LogP) is 3.61. The van der Waals surface area contributed by atoms with Crippen molar-refractivity contribution in [1.29, 1.82) is 5.26 Å². The minimum Gasteiger partial charge on any atom is -0.295 e. The molecule has 92 valence electrons. The second kappa shape index (κ2) is 5.74. The zero-order valence-corrected chi connectivity index (χ0v) is 11.3. The molecule has 18 heavy (non-hydrogen) atoms. The van der Waals surface area contributed by atoms with E-state index < -0.39 is 0 Å². The molecule has 0 aliphatic rings. The third-order valence-electron chi connectivity index (χ3n) is 2.69. The monoisotopic (exact) mass is 257 g/mol. The largest absolute Gasteiger partial charge is 0.295 e. The third kappa shape index (κ3) is 2.57. The molecule has 3 nitrogen and oxygen atoms in total. The van der Waals surface area contributed by atoms with Crippen LogP contribution in [0.4, 0.5) is 0 Å². The lowest BCUT2D eigenvalue weighted by Crippen LogP contribution is -2.01. The van der Waals surface area contributed by atoms with E-state index in [4.69, 9.17) is 5.26 Å². The molecule has 0 fully saturated rings. The highest BCUT2D eigenvalue weighted by Crippen LogP contribution is 2.26. The van der Waals surface area contributed by atoms with Crippen molar-refractivity contribution >= 4 is 11.8 Å². The summed E-state index contributed by atoms with van der Waals surface area (Å²) < 4.78 is 2.05. The Morgan fingerprint density at radius 1 is 1.39 bits per heavy atom. The van der Waals surface area contributed by atoms with Crippen molar-refractivity contribution < 1.29 is 0 Å². The van der Waals surface area contributed by atoms with Crippen LogP contribution in [0.15, 0.2) is 41.8 Å². The molecule has 0 saturated heterocycles. The van der Waals surface area contributed by atoms with Crippen LogP contribution in [0.1, 0.15) is 25.3 Å². The summed E-state index contributed by atoms with van der Waals surface area (Å²) in [5.74, 6) is 0.873. The number of aromatic nitrogens is 2. The van der Waals surface area contributed by atoms with Crippen molar-refractivity contribution in [2.45, 2.75) is 24.9 Å². The molecule has 4 heteroatoms. The van der Waals surface area contributed by atoms with Gasteiger partial charge in [0.15, 0.2) is 5.16 Å². The first kappa shape index (κ1) is 12.7. The van der Waals surface area contributed by atoms with Gasteiger partial charge in [0.1, 0.15) is 0 Å². The molecule has 0 radical (unpaired) electrons. The number of nitrogens with zero attached hydrogens (tertiary/aromatic N) is 3. The average molecular weight is 257 g/mol. The Morgan fingerprint density at radius 3 is 2.89 bits per heavy atom. The Labute approximate surface area is 111 Å². The summed E-state index contributed by atoms with van der Waals surface area (Å²) in [7, 11) is 0. The van der Waals surface area contributed by atoms with Crippen LogP contribution in [0.5, 0.6) is 0 Å². The number of imidazole rings is 1. The fourth-order valence-corrected chi connectivity index (χ4v) is 2.50. The van der Waals surface area contributed by atoms with Gasteiger partial charge in [-0.25, -0.2) is 4.98 Å². The van der Waals surface area contributed by atoms with E-state index in [1.807, 2.05) is 12.3 Å². The molecule has 0 aliphatic heterocycles. The van der Waals surface area contributed by atoms with Gasteiger partial charge in [-0.3, -0.25) is 4.57 Å². The highest BCUT2D eigenvalue weighted by molar-refractivity contribution is 7.99. The fraction of sp³-hybridized carbons (Fsp3) is 0.286. The van der Waals surface area contributed by atoms with E-state index >= 15 is 0 Å². The Kier molecular flexibility index (Phi) is 4.06. The molecule has 0 bridgehead atoms. The van der Waals surface area contributed by atoms with Crippen LogP contribution < -0.4 is 0 Å². The lowest BCUT2D eigenvalue weighted by molar-refractivity contribution is 0.818. The highest BCUT2D eigenvalue weighted by Gasteiger charge is 2.11. The van der Waals surface area contributed by atoms with Gasteiger partial charge in [-0.2, -0.15) is 5.26 Å². The quantitative estimate of drug-likeness (QED) is 0.786. The standard InChI is InChI=1S/C14H15N3S/c1-11(2)12-5-3-4-6-13(12)17-9-8-16-14(17)18-10-7-15/h3-6,8-9,11H,10H2,1-2H3. The van der Waals surface area contributed by atoms with E-state index in [0.717, 1.165) is 10.8 Å². The fourth-order valence-electron chi connectivity index (χ4n) is 1.87. The lowest BCUT2D eigenvalue weighted by Gasteiger charge is -2.14. The smallest absolute Gasteiger partial charge is 0.173 e. The highest BCUT2D eigenvalue weighted by atomic mass is 32.2. The van der Waals surface area contributed by atoms with E-state index in [2.05, 4.69) is 47.7 Å². The van der Waals surface area contributed by atoms with Crippen molar-refractivity contribution in [3.8, 4) is 11.8 Å². The van der Waals surface area contributed by atoms with Crippen LogP contribution in [-0.2, 0) is 0 Å². The zero-order chi connectivity index (χ0) is 13.0. The summed E-state index contributed by atoms with van der Waals surface area (Å²) in [5, 5.41) is 9.53. The lowest BCUT2D eigenvalue weighted by atomic mass is 10.0. The van der Waals surface area contributed by atoms with Crippen LogP contribution in [0, 0.1) is 11.3 Å². The molecule has 0 N–H and O–H groups in total. The van der Waals surface area contributed by atoms with Crippen LogP contribution in [0.25, 0.3) is 5.69 Å². The molecule has 0 atom stereocenters. The Balaban J connectivity index is 2.43. The molecular formula is C14H15N3S. The van der Waals surface area contributed by atoms with Gasteiger partial charge in [0.2, 0.25) is 0 Å². The second-order valence-corrected chi connectivity index (χ2v) is 5.18. The average Bonchev–Trinajstić information content (AvgIpc) is 2.84. The minimum absolute atomic E-state index is 0.418. The van der Waals surface area contributed by atoms with Gasteiger partial charge in [-0.15, -0.1) is 0 Å². The molecular weight excluding hydrogens is 242 g/mol. The molecule has 2 rings (SSSR count). The van der Waals surface area contributed by atoms with Crippen LogP contribution in [-0.4, -0.2) is 15.3 Å². The second-order valence-electron chi connectivity index (χ2n) is 4.24. The molecule has 1 aromatic carbocycles. The first-order valence-corrected chi connectivity index (χ1v) is 6.85. The van der Waals surface area contributed by atoms with Gasteiger partial charge in [-0.05, 0) is 17.5 Å². The van der Waals surface area contributed by atoms with Crippen molar-refractivity contribution in [3.63, 3.8) is 0 Å². The van der Waals surface area contributed by atoms with Crippen molar-refractivity contribution in [1.82, 2.24) is 9.55 Å². The first-order chi connectivity index (χ1) is 8.74. The Bertz CT molecular complexity index is 566. The number of rotatable bonds is 4. The van der Waals surface area contributed by atoms with Crippen molar-refractivity contribution in [2.75, 3.05) is 5.75 Å². The van der Waals surface area contributed by atoms with Gasteiger partial charge < -0.3 is 0 Å². The van der Waals surface area contributed by atoms with Crippen LogP contribution in [0.2, 0.25) is 0 Å².